The number of ether oxygens (including phenoxy) is 3. The summed E-state index contributed by atoms with van der Waals surface area (Å²) < 4.78 is 34.2. The Morgan fingerprint density at radius 1 is 1.11 bits per heavy atom. The Kier molecular flexibility index (Phi) is 10.5. The van der Waals surface area contributed by atoms with Gasteiger partial charge in [-0.25, -0.2) is 4.39 Å². The van der Waals surface area contributed by atoms with Crippen LogP contribution in [0.1, 0.15) is 45.2 Å². The maximum absolute atomic E-state index is 13.5. The molecule has 2 rings (SSSR count). The SMILES string of the molecule is CC.CC/C(F)=C\C=C(/C)c1csnc1-c1cc(OC)c(OC)cc1COC. The highest BCUT2D eigenvalue weighted by molar-refractivity contribution is 7.04. The number of hydrogen-bond donors (Lipinski definition) is 0. The van der Waals surface area contributed by atoms with Crippen LogP contribution in [0.5, 0.6) is 11.5 Å². The summed E-state index contributed by atoms with van der Waals surface area (Å²) in [5, 5.41) is 1.96. The normalized spacial score (nSPS) is 11.7. The van der Waals surface area contributed by atoms with E-state index in [9.17, 15) is 4.39 Å². The van der Waals surface area contributed by atoms with Crippen molar-refractivity contribution in [2.75, 3.05) is 21.3 Å². The van der Waals surface area contributed by atoms with E-state index in [0.29, 0.717) is 24.5 Å². The maximum Gasteiger partial charge on any atom is 0.161 e. The molecule has 0 unspecified atom stereocenters. The van der Waals surface area contributed by atoms with E-state index in [0.717, 1.165) is 28.0 Å². The highest BCUT2D eigenvalue weighted by atomic mass is 32.1. The van der Waals surface area contributed by atoms with Gasteiger partial charge in [0.05, 0.1) is 32.3 Å². The fraction of sp³-hybridized carbons (Fsp3) is 0.409. The number of hydrogen-bond acceptors (Lipinski definition) is 5. The van der Waals surface area contributed by atoms with E-state index in [4.69, 9.17) is 14.2 Å². The molecule has 0 amide bonds. The van der Waals surface area contributed by atoms with Crippen LogP contribution in [-0.2, 0) is 11.3 Å². The summed E-state index contributed by atoms with van der Waals surface area (Å²) in [5.41, 5.74) is 4.58. The van der Waals surface area contributed by atoms with E-state index < -0.39 is 0 Å². The molecule has 1 aromatic heterocycles. The number of nitrogens with zero attached hydrogens (tertiary/aromatic N) is 1. The lowest BCUT2D eigenvalue weighted by Crippen LogP contribution is -1.98. The minimum absolute atomic E-state index is 0.153. The van der Waals surface area contributed by atoms with Gasteiger partial charge in [0.25, 0.3) is 0 Å². The number of methoxy groups -OCH3 is 3. The van der Waals surface area contributed by atoms with E-state index in [1.807, 2.05) is 38.3 Å². The summed E-state index contributed by atoms with van der Waals surface area (Å²) in [6.07, 6.45) is 3.66. The third-order valence-electron chi connectivity index (χ3n) is 4.01. The first-order valence-corrected chi connectivity index (χ1v) is 10.1. The van der Waals surface area contributed by atoms with Crippen LogP contribution in [0.4, 0.5) is 4.39 Å². The minimum Gasteiger partial charge on any atom is -0.493 e. The van der Waals surface area contributed by atoms with E-state index in [-0.39, 0.29) is 5.83 Å². The van der Waals surface area contributed by atoms with Crippen LogP contribution in [-0.4, -0.2) is 25.7 Å². The van der Waals surface area contributed by atoms with Crippen molar-refractivity contribution in [1.29, 1.82) is 0 Å². The molecule has 1 heterocycles. The molecule has 0 fully saturated rings. The molecule has 4 nitrogen and oxygen atoms in total. The van der Waals surface area contributed by atoms with E-state index in [2.05, 4.69) is 4.37 Å². The Morgan fingerprint density at radius 3 is 2.32 bits per heavy atom. The first-order chi connectivity index (χ1) is 13.5. The number of aromatic nitrogens is 1. The third kappa shape index (κ3) is 5.91. The smallest absolute Gasteiger partial charge is 0.161 e. The van der Waals surface area contributed by atoms with Crippen LogP contribution in [0.25, 0.3) is 16.8 Å². The van der Waals surface area contributed by atoms with Gasteiger partial charge in [-0.1, -0.05) is 26.8 Å². The van der Waals surface area contributed by atoms with Gasteiger partial charge in [0, 0.05) is 23.6 Å². The molecule has 0 aliphatic carbocycles. The molecule has 28 heavy (non-hydrogen) atoms. The average molecular weight is 408 g/mol. The zero-order valence-electron chi connectivity index (χ0n) is 17.8. The first kappa shape index (κ1) is 23.9. The quantitative estimate of drug-likeness (QED) is 0.458. The molecule has 0 saturated carbocycles. The number of rotatable bonds is 8. The van der Waals surface area contributed by atoms with Crippen LogP contribution in [0.15, 0.2) is 35.5 Å². The maximum atomic E-state index is 13.5. The molecule has 0 spiro atoms. The molecule has 0 radical (unpaired) electrons. The highest BCUT2D eigenvalue weighted by Crippen LogP contribution is 2.39. The van der Waals surface area contributed by atoms with Gasteiger partial charge >= 0.3 is 0 Å². The standard InChI is InChI=1S/C20H24FNO3S.C2H6/c1-6-15(21)8-7-13(2)17-12-26-22-20(17)16-10-19(25-5)18(24-4)9-14(16)11-23-3;1-2/h7-10,12H,6,11H2,1-5H3;1-2H3/b13-7+,15-8+;. The van der Waals surface area contributed by atoms with Gasteiger partial charge in [0.15, 0.2) is 11.5 Å². The summed E-state index contributed by atoms with van der Waals surface area (Å²) in [5.74, 6) is 1.11. The molecular formula is C22H30FNO3S. The molecule has 0 atom stereocenters. The molecular weight excluding hydrogens is 377 g/mol. The predicted octanol–water partition coefficient (Wildman–Crippen LogP) is 6.67. The van der Waals surface area contributed by atoms with Crippen LogP contribution >= 0.6 is 11.5 Å². The monoisotopic (exact) mass is 407 g/mol. The fourth-order valence-electron chi connectivity index (χ4n) is 2.55. The average Bonchev–Trinajstić information content (AvgIpc) is 3.22. The molecule has 0 saturated heterocycles. The fourth-order valence-corrected chi connectivity index (χ4v) is 3.31. The lowest BCUT2D eigenvalue weighted by molar-refractivity contribution is 0.185. The van der Waals surface area contributed by atoms with Crippen molar-refractivity contribution < 1.29 is 18.6 Å². The predicted molar refractivity (Wildman–Crippen MR) is 116 cm³/mol. The van der Waals surface area contributed by atoms with Crippen LogP contribution in [0.2, 0.25) is 0 Å². The topological polar surface area (TPSA) is 40.6 Å². The molecule has 0 aliphatic rings. The van der Waals surface area contributed by atoms with Crippen LogP contribution in [0, 0.1) is 0 Å². The van der Waals surface area contributed by atoms with Gasteiger partial charge in [-0.2, -0.15) is 4.37 Å². The highest BCUT2D eigenvalue weighted by Gasteiger charge is 2.18. The Bertz CT molecular complexity index is 812. The first-order valence-electron chi connectivity index (χ1n) is 9.27. The van der Waals surface area contributed by atoms with Gasteiger partial charge in [-0.05, 0) is 54.2 Å². The van der Waals surface area contributed by atoms with Gasteiger partial charge in [-0.15, -0.1) is 0 Å². The molecule has 1 aromatic carbocycles. The lowest BCUT2D eigenvalue weighted by Gasteiger charge is -2.14. The minimum atomic E-state index is -0.153. The van der Waals surface area contributed by atoms with Crippen molar-refractivity contribution in [3.8, 4) is 22.8 Å². The van der Waals surface area contributed by atoms with Gasteiger partial charge in [0.1, 0.15) is 0 Å². The molecule has 6 heteroatoms. The number of allylic oxidation sites excluding steroid dienone is 4. The van der Waals surface area contributed by atoms with Crippen molar-refractivity contribution in [2.24, 2.45) is 0 Å². The Morgan fingerprint density at radius 2 is 1.75 bits per heavy atom. The van der Waals surface area contributed by atoms with Crippen molar-refractivity contribution in [2.45, 2.75) is 40.7 Å². The molecule has 0 N–H and O–H groups in total. The zero-order chi connectivity index (χ0) is 21.1. The third-order valence-corrected chi connectivity index (χ3v) is 4.64. The summed E-state index contributed by atoms with van der Waals surface area (Å²) >= 11 is 1.36. The Hall–Kier alpha value is -2.18. The van der Waals surface area contributed by atoms with Crippen molar-refractivity contribution in [3.05, 3.63) is 46.6 Å². The van der Waals surface area contributed by atoms with Crippen LogP contribution < -0.4 is 9.47 Å². The number of benzene rings is 1. The summed E-state index contributed by atoms with van der Waals surface area (Å²) in [6, 6.07) is 3.80. The van der Waals surface area contributed by atoms with E-state index in [1.165, 1.54) is 17.6 Å². The van der Waals surface area contributed by atoms with E-state index >= 15 is 0 Å². The van der Waals surface area contributed by atoms with Gasteiger partial charge in [0.2, 0.25) is 0 Å². The second-order valence-electron chi connectivity index (χ2n) is 5.69. The van der Waals surface area contributed by atoms with Crippen molar-refractivity contribution in [3.63, 3.8) is 0 Å². The number of halogens is 1. The Labute approximate surface area is 171 Å². The molecule has 154 valence electrons. The molecule has 0 bridgehead atoms. The van der Waals surface area contributed by atoms with Gasteiger partial charge in [-0.3, -0.25) is 0 Å². The second kappa shape index (κ2) is 12.3. The Balaban J connectivity index is 0.00000190. The van der Waals surface area contributed by atoms with Crippen molar-refractivity contribution >= 4 is 17.1 Å². The molecule has 0 aliphatic heterocycles. The summed E-state index contributed by atoms with van der Waals surface area (Å²) in [6.45, 7) is 8.15. The second-order valence-corrected chi connectivity index (χ2v) is 6.32. The largest absolute Gasteiger partial charge is 0.493 e. The zero-order valence-corrected chi connectivity index (χ0v) is 18.6. The van der Waals surface area contributed by atoms with Crippen LogP contribution in [0.3, 0.4) is 0 Å². The van der Waals surface area contributed by atoms with Gasteiger partial charge < -0.3 is 14.2 Å². The van der Waals surface area contributed by atoms with Crippen molar-refractivity contribution in [1.82, 2.24) is 4.37 Å². The lowest BCUT2D eigenvalue weighted by atomic mass is 9.98. The molecule has 2 aromatic rings. The summed E-state index contributed by atoms with van der Waals surface area (Å²) in [7, 11) is 4.85. The van der Waals surface area contributed by atoms with E-state index in [1.54, 1.807) is 34.3 Å². The summed E-state index contributed by atoms with van der Waals surface area (Å²) in [4.78, 5) is 0.